The van der Waals surface area contributed by atoms with E-state index in [1.165, 1.54) is 7.11 Å². The van der Waals surface area contributed by atoms with Crippen LogP contribution in [0.1, 0.15) is 23.2 Å². The van der Waals surface area contributed by atoms with Gasteiger partial charge in [0.1, 0.15) is 11.4 Å². The van der Waals surface area contributed by atoms with Gasteiger partial charge in [0.2, 0.25) is 0 Å². The fraction of sp³-hybridized carbons (Fsp3) is 0.500. The highest BCUT2D eigenvalue weighted by Crippen LogP contribution is 2.45. The van der Waals surface area contributed by atoms with Crippen LogP contribution >= 0.6 is 34.2 Å². The number of methoxy groups -OCH3 is 1. The van der Waals surface area contributed by atoms with Crippen molar-refractivity contribution in [2.45, 2.75) is 18.4 Å². The zero-order valence-electron chi connectivity index (χ0n) is 11.0. The number of ether oxygens (including phenoxy) is 1. The van der Waals surface area contributed by atoms with Gasteiger partial charge in [0.05, 0.1) is 30.8 Å². The maximum Gasteiger partial charge on any atom is 0.257 e. The SMILES string of the molecule is COc1cc(I)c(Cl)cc1C(=O)N1CC(O)(C2CC2)C1. The van der Waals surface area contributed by atoms with E-state index in [9.17, 15) is 9.90 Å². The largest absolute Gasteiger partial charge is 0.496 e. The number of amides is 1. The summed E-state index contributed by atoms with van der Waals surface area (Å²) in [5, 5.41) is 10.8. The van der Waals surface area contributed by atoms with Crippen molar-refractivity contribution in [1.82, 2.24) is 4.90 Å². The van der Waals surface area contributed by atoms with Gasteiger partial charge in [-0.15, -0.1) is 0 Å². The first-order valence-electron chi connectivity index (χ1n) is 6.49. The second-order valence-corrected chi connectivity index (χ2v) is 7.08. The first-order valence-corrected chi connectivity index (χ1v) is 7.95. The number of carbonyl (C=O) groups excluding carboxylic acids is 1. The van der Waals surface area contributed by atoms with Gasteiger partial charge in [-0.1, -0.05) is 11.6 Å². The van der Waals surface area contributed by atoms with Crippen molar-refractivity contribution in [3.8, 4) is 5.75 Å². The number of β-amino-alcohol motifs (C(OH)–C–C–N with tert-alkyl or cyclic N) is 1. The van der Waals surface area contributed by atoms with E-state index < -0.39 is 5.60 Å². The fourth-order valence-corrected chi connectivity index (χ4v) is 3.27. The molecule has 108 valence electrons. The van der Waals surface area contributed by atoms with Crippen molar-refractivity contribution in [1.29, 1.82) is 0 Å². The Labute approximate surface area is 136 Å². The summed E-state index contributed by atoms with van der Waals surface area (Å²) in [6.07, 6.45) is 2.13. The lowest BCUT2D eigenvalue weighted by atomic mass is 9.88. The molecule has 1 saturated heterocycles. The molecule has 0 aromatic heterocycles. The minimum Gasteiger partial charge on any atom is -0.496 e. The summed E-state index contributed by atoms with van der Waals surface area (Å²) in [5.41, 5.74) is -0.216. The molecule has 1 aliphatic carbocycles. The van der Waals surface area contributed by atoms with Crippen LogP contribution in [0.4, 0.5) is 0 Å². The number of likely N-dealkylation sites (tertiary alicyclic amines) is 1. The summed E-state index contributed by atoms with van der Waals surface area (Å²) < 4.78 is 6.10. The van der Waals surface area contributed by atoms with Crippen molar-refractivity contribution >= 4 is 40.1 Å². The van der Waals surface area contributed by atoms with E-state index in [0.717, 1.165) is 16.4 Å². The Morgan fingerprint density at radius 1 is 1.50 bits per heavy atom. The maximum atomic E-state index is 12.5. The van der Waals surface area contributed by atoms with Crippen LogP contribution in [-0.2, 0) is 0 Å². The van der Waals surface area contributed by atoms with Crippen molar-refractivity contribution in [2.24, 2.45) is 5.92 Å². The second kappa shape index (κ2) is 5.03. The molecule has 6 heteroatoms. The molecule has 0 radical (unpaired) electrons. The third-order valence-corrected chi connectivity index (χ3v) is 5.55. The predicted octanol–water partition coefficient (Wildman–Crippen LogP) is 2.55. The Kier molecular flexibility index (Phi) is 3.63. The van der Waals surface area contributed by atoms with Crippen molar-refractivity contribution in [3.05, 3.63) is 26.3 Å². The normalized spacial score (nSPS) is 20.5. The lowest BCUT2D eigenvalue weighted by Gasteiger charge is -2.47. The number of hydrogen-bond acceptors (Lipinski definition) is 3. The highest BCUT2D eigenvalue weighted by Gasteiger charge is 2.53. The van der Waals surface area contributed by atoms with E-state index in [1.54, 1.807) is 17.0 Å². The van der Waals surface area contributed by atoms with Crippen molar-refractivity contribution in [3.63, 3.8) is 0 Å². The summed E-state index contributed by atoms with van der Waals surface area (Å²) in [6, 6.07) is 3.39. The molecule has 0 unspecified atom stereocenters. The number of rotatable bonds is 3. The summed E-state index contributed by atoms with van der Waals surface area (Å²) in [6.45, 7) is 0.812. The molecule has 1 aromatic carbocycles. The summed E-state index contributed by atoms with van der Waals surface area (Å²) in [5.74, 6) is 0.755. The van der Waals surface area contributed by atoms with E-state index in [0.29, 0.717) is 35.3 Å². The summed E-state index contributed by atoms with van der Waals surface area (Å²) >= 11 is 8.19. The number of aliphatic hydroxyl groups is 1. The van der Waals surface area contributed by atoms with Gasteiger partial charge in [-0.05, 0) is 53.5 Å². The Hall–Kier alpha value is -0.530. The average molecular weight is 408 g/mol. The van der Waals surface area contributed by atoms with E-state index in [4.69, 9.17) is 16.3 Å². The van der Waals surface area contributed by atoms with Gasteiger partial charge in [-0.25, -0.2) is 0 Å². The monoisotopic (exact) mass is 407 g/mol. The Balaban J connectivity index is 1.79. The highest BCUT2D eigenvalue weighted by molar-refractivity contribution is 14.1. The molecule has 1 saturated carbocycles. The molecule has 4 nitrogen and oxygen atoms in total. The highest BCUT2D eigenvalue weighted by atomic mass is 127. The van der Waals surface area contributed by atoms with Gasteiger partial charge in [0.15, 0.2) is 0 Å². The Morgan fingerprint density at radius 2 is 2.15 bits per heavy atom. The smallest absolute Gasteiger partial charge is 0.257 e. The molecule has 0 bridgehead atoms. The molecule has 1 amide bonds. The molecule has 20 heavy (non-hydrogen) atoms. The average Bonchev–Trinajstić information content (AvgIpc) is 3.21. The van der Waals surface area contributed by atoms with Gasteiger partial charge in [-0.3, -0.25) is 4.79 Å². The topological polar surface area (TPSA) is 49.8 Å². The molecule has 0 spiro atoms. The van der Waals surface area contributed by atoms with Crippen LogP contribution in [-0.4, -0.2) is 41.7 Å². The third-order valence-electron chi connectivity index (χ3n) is 4.03. The molecule has 2 aliphatic rings. The van der Waals surface area contributed by atoms with Gasteiger partial charge in [-0.2, -0.15) is 0 Å². The fourth-order valence-electron chi connectivity index (χ4n) is 2.67. The Bertz CT molecular complexity index is 568. The van der Waals surface area contributed by atoms with Gasteiger partial charge >= 0.3 is 0 Å². The van der Waals surface area contributed by atoms with Crippen LogP contribution in [0.2, 0.25) is 5.02 Å². The van der Waals surface area contributed by atoms with E-state index >= 15 is 0 Å². The van der Waals surface area contributed by atoms with E-state index in [-0.39, 0.29) is 5.91 Å². The van der Waals surface area contributed by atoms with Gasteiger partial charge in [0.25, 0.3) is 5.91 Å². The molecule has 2 fully saturated rings. The van der Waals surface area contributed by atoms with Crippen molar-refractivity contribution in [2.75, 3.05) is 20.2 Å². The molecular formula is C14H15ClINO3. The van der Waals surface area contributed by atoms with Gasteiger partial charge < -0.3 is 14.7 Å². The first kappa shape index (κ1) is 14.4. The number of hydrogen-bond donors (Lipinski definition) is 1. The molecule has 3 rings (SSSR count). The van der Waals surface area contributed by atoms with E-state index in [2.05, 4.69) is 22.6 Å². The quantitative estimate of drug-likeness (QED) is 0.784. The predicted molar refractivity (Wildman–Crippen MR) is 84.3 cm³/mol. The molecular weight excluding hydrogens is 393 g/mol. The molecule has 1 N–H and O–H groups in total. The van der Waals surface area contributed by atoms with Crippen LogP contribution in [0.25, 0.3) is 0 Å². The number of benzene rings is 1. The standard InChI is InChI=1S/C14H15ClINO3/c1-20-12-5-11(16)10(15)4-9(12)13(18)17-6-14(19,7-17)8-2-3-8/h4-5,8,19H,2-3,6-7H2,1H3. The maximum absolute atomic E-state index is 12.5. The summed E-state index contributed by atoms with van der Waals surface area (Å²) in [7, 11) is 1.53. The minimum atomic E-state index is -0.671. The van der Waals surface area contributed by atoms with E-state index in [1.807, 2.05) is 0 Å². The lowest BCUT2D eigenvalue weighted by molar-refractivity contribution is -0.0958. The number of carbonyl (C=O) groups is 1. The number of nitrogens with zero attached hydrogens (tertiary/aromatic N) is 1. The van der Waals surface area contributed by atoms with Crippen LogP contribution in [0, 0.1) is 9.49 Å². The summed E-state index contributed by atoms with van der Waals surface area (Å²) in [4.78, 5) is 14.1. The third kappa shape index (κ3) is 2.40. The molecule has 0 atom stereocenters. The van der Waals surface area contributed by atoms with Crippen LogP contribution in [0.3, 0.4) is 0 Å². The number of halogens is 2. The van der Waals surface area contributed by atoms with Crippen LogP contribution in [0.5, 0.6) is 5.75 Å². The van der Waals surface area contributed by atoms with Crippen LogP contribution < -0.4 is 4.74 Å². The zero-order chi connectivity index (χ0) is 14.5. The molecule has 1 aromatic rings. The zero-order valence-corrected chi connectivity index (χ0v) is 13.9. The van der Waals surface area contributed by atoms with Crippen LogP contribution in [0.15, 0.2) is 12.1 Å². The Morgan fingerprint density at radius 3 is 2.70 bits per heavy atom. The molecule has 1 aliphatic heterocycles. The first-order chi connectivity index (χ1) is 9.44. The second-order valence-electron chi connectivity index (χ2n) is 5.51. The minimum absolute atomic E-state index is 0.134. The van der Waals surface area contributed by atoms with Crippen molar-refractivity contribution < 1.29 is 14.6 Å². The van der Waals surface area contributed by atoms with Gasteiger partial charge in [0, 0.05) is 3.57 Å². The molecule has 1 heterocycles. The lowest BCUT2D eigenvalue weighted by Crippen LogP contribution is -2.64.